The van der Waals surface area contributed by atoms with Gasteiger partial charge in [0.2, 0.25) is 5.88 Å². The highest BCUT2D eigenvalue weighted by atomic mass is 16.5. The highest BCUT2D eigenvalue weighted by Gasteiger charge is 2.18. The summed E-state index contributed by atoms with van der Waals surface area (Å²) < 4.78 is 15.9. The van der Waals surface area contributed by atoms with E-state index < -0.39 is 0 Å². The summed E-state index contributed by atoms with van der Waals surface area (Å²) in [5, 5.41) is 3.48. The van der Waals surface area contributed by atoms with Gasteiger partial charge in [0.25, 0.3) is 0 Å². The minimum Gasteiger partial charge on any atom is -0.475 e. The van der Waals surface area contributed by atoms with Crippen molar-refractivity contribution in [3.05, 3.63) is 18.3 Å². The highest BCUT2D eigenvalue weighted by molar-refractivity contribution is 5.43. The molecule has 0 aromatic carbocycles. The van der Waals surface area contributed by atoms with Gasteiger partial charge in [0.15, 0.2) is 0 Å². The van der Waals surface area contributed by atoms with Crippen LogP contribution >= 0.6 is 0 Å². The molecule has 0 bridgehead atoms. The molecule has 1 aromatic rings. The zero-order valence-electron chi connectivity index (χ0n) is 11.6. The van der Waals surface area contributed by atoms with Crippen molar-refractivity contribution in [3.63, 3.8) is 0 Å². The Bertz CT molecular complexity index is 369. The number of methoxy groups -OCH3 is 1. The lowest BCUT2D eigenvalue weighted by molar-refractivity contribution is 0.0232. The fourth-order valence-corrected chi connectivity index (χ4v) is 2.15. The van der Waals surface area contributed by atoms with Gasteiger partial charge >= 0.3 is 0 Å². The summed E-state index contributed by atoms with van der Waals surface area (Å²) in [6.45, 7) is 4.03. The van der Waals surface area contributed by atoms with E-state index in [-0.39, 0.29) is 0 Å². The second kappa shape index (κ2) is 7.31. The first-order valence-electron chi connectivity index (χ1n) is 6.74. The van der Waals surface area contributed by atoms with E-state index in [0.29, 0.717) is 31.2 Å². The molecule has 5 nitrogen and oxygen atoms in total. The van der Waals surface area contributed by atoms with Crippen LogP contribution in [0.15, 0.2) is 18.3 Å². The van der Waals surface area contributed by atoms with Crippen molar-refractivity contribution >= 4 is 5.69 Å². The fraction of sp³-hybridized carbons (Fsp3) is 0.643. The standard InChI is InChI=1S/C14H22N2O3/c1-11-9-12(5-6-18-11)16-13-3-4-14(15-10-13)19-8-7-17-2/h3-4,10-12,16H,5-9H2,1-2H3. The van der Waals surface area contributed by atoms with Crippen LogP contribution < -0.4 is 10.1 Å². The summed E-state index contributed by atoms with van der Waals surface area (Å²) in [7, 11) is 1.65. The number of nitrogens with one attached hydrogen (secondary N) is 1. The minimum atomic E-state index is 0.329. The third kappa shape index (κ3) is 4.69. The van der Waals surface area contributed by atoms with E-state index in [1.807, 2.05) is 18.3 Å². The van der Waals surface area contributed by atoms with E-state index in [4.69, 9.17) is 14.2 Å². The summed E-state index contributed by atoms with van der Waals surface area (Å²) in [5.74, 6) is 0.628. The van der Waals surface area contributed by atoms with Crippen LogP contribution in [0.4, 0.5) is 5.69 Å². The summed E-state index contributed by atoms with van der Waals surface area (Å²) in [6, 6.07) is 4.33. The van der Waals surface area contributed by atoms with E-state index in [9.17, 15) is 0 Å². The van der Waals surface area contributed by atoms with E-state index >= 15 is 0 Å². The molecule has 1 fully saturated rings. The summed E-state index contributed by atoms with van der Waals surface area (Å²) in [5.41, 5.74) is 1.03. The molecule has 2 rings (SSSR count). The van der Waals surface area contributed by atoms with Gasteiger partial charge in [0, 0.05) is 25.8 Å². The average Bonchev–Trinajstić information content (AvgIpc) is 2.41. The molecular weight excluding hydrogens is 244 g/mol. The molecule has 1 N–H and O–H groups in total. The maximum atomic E-state index is 5.53. The molecule has 0 spiro atoms. The van der Waals surface area contributed by atoms with Crippen LogP contribution in [0.1, 0.15) is 19.8 Å². The smallest absolute Gasteiger partial charge is 0.213 e. The van der Waals surface area contributed by atoms with Gasteiger partial charge in [-0.05, 0) is 25.8 Å². The van der Waals surface area contributed by atoms with E-state index in [0.717, 1.165) is 25.1 Å². The van der Waals surface area contributed by atoms with Crippen molar-refractivity contribution in [2.45, 2.75) is 31.9 Å². The topological polar surface area (TPSA) is 52.6 Å². The molecule has 1 aromatic heterocycles. The third-order valence-electron chi connectivity index (χ3n) is 3.13. The van der Waals surface area contributed by atoms with Crippen LogP contribution in [0, 0.1) is 0 Å². The van der Waals surface area contributed by atoms with E-state index in [1.54, 1.807) is 7.11 Å². The number of rotatable bonds is 6. The number of ether oxygens (including phenoxy) is 3. The summed E-state index contributed by atoms with van der Waals surface area (Å²) >= 11 is 0. The molecule has 2 unspecified atom stereocenters. The first kappa shape index (κ1) is 14.1. The lowest BCUT2D eigenvalue weighted by Crippen LogP contribution is -2.32. The Morgan fingerprint density at radius 2 is 2.32 bits per heavy atom. The quantitative estimate of drug-likeness (QED) is 0.799. The van der Waals surface area contributed by atoms with Crippen molar-refractivity contribution in [1.29, 1.82) is 0 Å². The molecule has 1 aliphatic heterocycles. The molecule has 2 heterocycles. The normalized spacial score (nSPS) is 23.1. The maximum Gasteiger partial charge on any atom is 0.213 e. The molecule has 0 amide bonds. The molecular formula is C14H22N2O3. The average molecular weight is 266 g/mol. The minimum absolute atomic E-state index is 0.329. The van der Waals surface area contributed by atoms with Gasteiger partial charge in [-0.25, -0.2) is 4.98 Å². The molecule has 0 aliphatic carbocycles. The molecule has 1 aliphatic rings. The van der Waals surface area contributed by atoms with Gasteiger partial charge in [-0.2, -0.15) is 0 Å². The van der Waals surface area contributed by atoms with Crippen molar-refractivity contribution in [3.8, 4) is 5.88 Å². The lowest BCUT2D eigenvalue weighted by atomic mass is 10.0. The van der Waals surface area contributed by atoms with Crippen LogP contribution in [-0.2, 0) is 9.47 Å². The van der Waals surface area contributed by atoms with E-state index in [1.165, 1.54) is 0 Å². The number of hydrogen-bond acceptors (Lipinski definition) is 5. The Morgan fingerprint density at radius 3 is 3.00 bits per heavy atom. The van der Waals surface area contributed by atoms with Crippen LogP contribution in [0.25, 0.3) is 0 Å². The van der Waals surface area contributed by atoms with Gasteiger partial charge in [0.1, 0.15) is 6.61 Å². The molecule has 1 saturated heterocycles. The van der Waals surface area contributed by atoms with Gasteiger partial charge in [-0.3, -0.25) is 0 Å². The molecule has 106 valence electrons. The summed E-state index contributed by atoms with van der Waals surface area (Å²) in [4.78, 5) is 4.26. The van der Waals surface area contributed by atoms with Gasteiger partial charge in [-0.1, -0.05) is 0 Å². The van der Waals surface area contributed by atoms with Gasteiger partial charge in [0.05, 0.1) is 24.6 Å². The monoisotopic (exact) mass is 266 g/mol. The number of anilines is 1. The van der Waals surface area contributed by atoms with Crippen molar-refractivity contribution < 1.29 is 14.2 Å². The first-order valence-corrected chi connectivity index (χ1v) is 6.74. The largest absolute Gasteiger partial charge is 0.475 e. The van der Waals surface area contributed by atoms with Crippen LogP contribution in [0.3, 0.4) is 0 Å². The lowest BCUT2D eigenvalue weighted by Gasteiger charge is -2.28. The fourth-order valence-electron chi connectivity index (χ4n) is 2.15. The van der Waals surface area contributed by atoms with Crippen molar-refractivity contribution in [2.75, 3.05) is 32.2 Å². The Hall–Kier alpha value is -1.33. The Balaban J connectivity index is 1.81. The molecule has 19 heavy (non-hydrogen) atoms. The van der Waals surface area contributed by atoms with Crippen molar-refractivity contribution in [2.24, 2.45) is 0 Å². The number of hydrogen-bond donors (Lipinski definition) is 1. The number of aromatic nitrogens is 1. The van der Waals surface area contributed by atoms with Crippen LogP contribution in [0.2, 0.25) is 0 Å². The Kier molecular flexibility index (Phi) is 5.42. The first-order chi connectivity index (χ1) is 9.28. The zero-order valence-corrected chi connectivity index (χ0v) is 11.6. The highest BCUT2D eigenvalue weighted by Crippen LogP contribution is 2.19. The van der Waals surface area contributed by atoms with Gasteiger partial charge < -0.3 is 19.5 Å². The molecule has 0 radical (unpaired) electrons. The summed E-state index contributed by atoms with van der Waals surface area (Å²) in [6.07, 6.45) is 4.21. The second-order valence-electron chi connectivity index (χ2n) is 4.77. The number of pyridine rings is 1. The van der Waals surface area contributed by atoms with Crippen molar-refractivity contribution in [1.82, 2.24) is 4.98 Å². The SMILES string of the molecule is COCCOc1ccc(NC2CCOC(C)C2)cn1. The third-order valence-corrected chi connectivity index (χ3v) is 3.13. The molecule has 2 atom stereocenters. The maximum absolute atomic E-state index is 5.53. The Morgan fingerprint density at radius 1 is 1.42 bits per heavy atom. The zero-order chi connectivity index (χ0) is 13.5. The second-order valence-corrected chi connectivity index (χ2v) is 4.77. The van der Waals surface area contributed by atoms with E-state index in [2.05, 4.69) is 17.2 Å². The molecule has 5 heteroatoms. The molecule has 0 saturated carbocycles. The predicted molar refractivity (Wildman–Crippen MR) is 73.7 cm³/mol. The van der Waals surface area contributed by atoms with Crippen LogP contribution in [0.5, 0.6) is 5.88 Å². The number of nitrogens with zero attached hydrogens (tertiary/aromatic N) is 1. The van der Waals surface area contributed by atoms with Crippen LogP contribution in [-0.4, -0.2) is 44.1 Å². The Labute approximate surface area is 114 Å². The van der Waals surface area contributed by atoms with Gasteiger partial charge in [-0.15, -0.1) is 0 Å². The predicted octanol–water partition coefficient (Wildman–Crippen LogP) is 2.09.